The molecule has 1 spiro atoms. The number of para-hydroxylation sites is 1. The number of rotatable bonds is 1. The fourth-order valence-corrected chi connectivity index (χ4v) is 4.36. The molecule has 1 aliphatic carbocycles. The van der Waals surface area contributed by atoms with E-state index in [1.165, 1.54) is 5.56 Å². The summed E-state index contributed by atoms with van der Waals surface area (Å²) in [6.45, 7) is 6.79. The summed E-state index contributed by atoms with van der Waals surface area (Å²) in [5.74, 6) is 0.576. The minimum Gasteiger partial charge on any atom is -0.297 e. The Morgan fingerprint density at radius 3 is 2.14 bits per heavy atom. The first-order chi connectivity index (χ1) is 10.0. The standard InChI is InChI=1S/C19H19NO/c1-13-18(2,3)19(13)16-12-8-7-11-15(16)17(21)20(19)14-9-5-4-6-10-14/h4-13H,1-3H3. The molecule has 0 radical (unpaired) electrons. The lowest BCUT2D eigenvalue weighted by Gasteiger charge is -2.29. The van der Waals surface area contributed by atoms with Crippen molar-refractivity contribution in [2.75, 3.05) is 4.90 Å². The maximum atomic E-state index is 13.0. The van der Waals surface area contributed by atoms with E-state index in [4.69, 9.17) is 0 Å². The minimum atomic E-state index is -0.192. The number of hydrogen-bond donors (Lipinski definition) is 0. The van der Waals surface area contributed by atoms with Gasteiger partial charge in [0.15, 0.2) is 0 Å². The number of hydrogen-bond acceptors (Lipinski definition) is 1. The Bertz CT molecular complexity index is 734. The summed E-state index contributed by atoms with van der Waals surface area (Å²) < 4.78 is 0. The predicted octanol–water partition coefficient (Wildman–Crippen LogP) is 4.22. The van der Waals surface area contributed by atoms with Crippen LogP contribution < -0.4 is 4.90 Å². The van der Waals surface area contributed by atoms with Crippen molar-refractivity contribution in [3.63, 3.8) is 0 Å². The third-order valence-electron chi connectivity index (χ3n) is 5.75. The molecule has 106 valence electrons. The first-order valence-corrected chi connectivity index (χ1v) is 7.52. The van der Waals surface area contributed by atoms with Gasteiger partial charge in [-0.1, -0.05) is 57.2 Å². The highest BCUT2D eigenvalue weighted by Gasteiger charge is 2.76. The van der Waals surface area contributed by atoms with Gasteiger partial charge in [0.25, 0.3) is 5.91 Å². The van der Waals surface area contributed by atoms with E-state index in [9.17, 15) is 4.79 Å². The summed E-state index contributed by atoms with van der Waals surface area (Å²) in [6, 6.07) is 18.1. The molecule has 21 heavy (non-hydrogen) atoms. The van der Waals surface area contributed by atoms with Gasteiger partial charge in [0.05, 0.1) is 5.54 Å². The van der Waals surface area contributed by atoms with Crippen LogP contribution in [0, 0.1) is 11.3 Å². The van der Waals surface area contributed by atoms with E-state index in [-0.39, 0.29) is 16.9 Å². The summed E-state index contributed by atoms with van der Waals surface area (Å²) in [6.07, 6.45) is 0. The Balaban J connectivity index is 1.99. The van der Waals surface area contributed by atoms with E-state index >= 15 is 0 Å². The van der Waals surface area contributed by atoms with E-state index in [0.717, 1.165) is 11.3 Å². The van der Waals surface area contributed by atoms with E-state index in [2.05, 4.69) is 26.8 Å². The molecule has 0 aromatic heterocycles. The quantitative estimate of drug-likeness (QED) is 0.764. The van der Waals surface area contributed by atoms with Crippen molar-refractivity contribution < 1.29 is 4.79 Å². The summed E-state index contributed by atoms with van der Waals surface area (Å²) in [4.78, 5) is 15.0. The van der Waals surface area contributed by atoms with Crippen molar-refractivity contribution in [3.05, 3.63) is 65.7 Å². The molecule has 1 saturated carbocycles. The molecule has 2 heteroatoms. The average Bonchev–Trinajstić information content (AvgIpc) is 2.82. The first kappa shape index (κ1) is 12.6. The Labute approximate surface area is 125 Å². The Kier molecular flexibility index (Phi) is 2.26. The lowest BCUT2D eigenvalue weighted by Crippen LogP contribution is -2.37. The highest BCUT2D eigenvalue weighted by atomic mass is 16.2. The fourth-order valence-electron chi connectivity index (χ4n) is 4.36. The minimum absolute atomic E-state index is 0.0884. The second kappa shape index (κ2) is 3.76. The molecule has 0 bridgehead atoms. The van der Waals surface area contributed by atoms with Crippen LogP contribution in [-0.4, -0.2) is 5.91 Å². The summed E-state index contributed by atoms with van der Waals surface area (Å²) in [7, 11) is 0. The zero-order valence-electron chi connectivity index (χ0n) is 12.6. The number of anilines is 1. The van der Waals surface area contributed by atoms with Crippen molar-refractivity contribution in [2.45, 2.75) is 26.3 Å². The number of amides is 1. The van der Waals surface area contributed by atoms with Crippen LogP contribution in [-0.2, 0) is 5.54 Å². The number of carbonyl (C=O) groups excluding carboxylic acids is 1. The molecule has 1 amide bonds. The Morgan fingerprint density at radius 2 is 1.52 bits per heavy atom. The maximum Gasteiger partial charge on any atom is 0.259 e. The fraction of sp³-hybridized carbons (Fsp3) is 0.316. The van der Waals surface area contributed by atoms with Gasteiger partial charge in [-0.3, -0.25) is 9.69 Å². The van der Waals surface area contributed by atoms with Crippen LogP contribution in [0.1, 0.15) is 36.7 Å². The second-order valence-corrected chi connectivity index (χ2v) is 6.73. The third-order valence-corrected chi connectivity index (χ3v) is 5.75. The molecule has 2 atom stereocenters. The van der Waals surface area contributed by atoms with E-state index in [0.29, 0.717) is 5.92 Å². The van der Waals surface area contributed by atoms with Crippen molar-refractivity contribution >= 4 is 11.6 Å². The molecule has 0 saturated heterocycles. The van der Waals surface area contributed by atoms with Crippen LogP contribution in [0.5, 0.6) is 0 Å². The summed E-state index contributed by atoms with van der Waals surface area (Å²) in [5.41, 5.74) is 2.94. The SMILES string of the molecule is CC1C(C)(C)C12c1ccccc1C(=O)N2c1ccccc1. The van der Waals surface area contributed by atoms with Crippen molar-refractivity contribution in [1.82, 2.24) is 0 Å². The van der Waals surface area contributed by atoms with Crippen LogP contribution in [0.3, 0.4) is 0 Å². The van der Waals surface area contributed by atoms with E-state index < -0.39 is 0 Å². The molecule has 2 aromatic rings. The van der Waals surface area contributed by atoms with Gasteiger partial charge in [0.1, 0.15) is 0 Å². The lowest BCUT2D eigenvalue weighted by molar-refractivity contribution is 0.0984. The Morgan fingerprint density at radius 1 is 0.952 bits per heavy atom. The molecule has 1 fully saturated rings. The number of benzene rings is 2. The van der Waals surface area contributed by atoms with Crippen LogP contribution in [0.2, 0.25) is 0 Å². The van der Waals surface area contributed by atoms with E-state index in [1.54, 1.807) is 0 Å². The summed E-state index contributed by atoms with van der Waals surface area (Å²) in [5, 5.41) is 0. The van der Waals surface area contributed by atoms with Crippen molar-refractivity contribution in [2.24, 2.45) is 11.3 Å². The largest absolute Gasteiger partial charge is 0.297 e. The molecule has 1 heterocycles. The number of fused-ring (bicyclic) bond motifs is 2. The topological polar surface area (TPSA) is 20.3 Å². The third kappa shape index (κ3) is 1.26. The van der Waals surface area contributed by atoms with Gasteiger partial charge in [-0.05, 0) is 35.1 Å². The highest BCUT2D eigenvalue weighted by molar-refractivity contribution is 6.13. The zero-order valence-corrected chi connectivity index (χ0v) is 12.6. The highest BCUT2D eigenvalue weighted by Crippen LogP contribution is 2.73. The van der Waals surface area contributed by atoms with E-state index in [1.807, 2.05) is 53.4 Å². The first-order valence-electron chi connectivity index (χ1n) is 7.52. The average molecular weight is 277 g/mol. The Hall–Kier alpha value is -2.09. The van der Waals surface area contributed by atoms with Gasteiger partial charge in [0.2, 0.25) is 0 Å². The molecule has 1 aliphatic heterocycles. The summed E-state index contributed by atoms with van der Waals surface area (Å²) >= 11 is 0. The van der Waals surface area contributed by atoms with Gasteiger partial charge in [-0.25, -0.2) is 0 Å². The molecule has 2 aromatic carbocycles. The number of nitrogens with zero attached hydrogens (tertiary/aromatic N) is 1. The van der Waals surface area contributed by atoms with Crippen molar-refractivity contribution in [3.8, 4) is 0 Å². The molecule has 4 rings (SSSR count). The molecule has 2 aliphatic rings. The normalized spacial score (nSPS) is 28.8. The van der Waals surface area contributed by atoms with Gasteiger partial charge in [-0.15, -0.1) is 0 Å². The van der Waals surface area contributed by atoms with Gasteiger partial charge in [0, 0.05) is 11.3 Å². The zero-order chi connectivity index (χ0) is 14.8. The monoisotopic (exact) mass is 277 g/mol. The second-order valence-electron chi connectivity index (χ2n) is 6.73. The molecular weight excluding hydrogens is 258 g/mol. The van der Waals surface area contributed by atoms with Gasteiger partial charge >= 0.3 is 0 Å². The molecule has 2 nitrogen and oxygen atoms in total. The smallest absolute Gasteiger partial charge is 0.259 e. The molecule has 0 N–H and O–H groups in total. The van der Waals surface area contributed by atoms with Gasteiger partial charge < -0.3 is 0 Å². The van der Waals surface area contributed by atoms with Crippen LogP contribution in [0.4, 0.5) is 5.69 Å². The molecule has 2 unspecified atom stereocenters. The number of carbonyl (C=O) groups is 1. The maximum absolute atomic E-state index is 13.0. The van der Waals surface area contributed by atoms with Crippen molar-refractivity contribution in [1.29, 1.82) is 0 Å². The van der Waals surface area contributed by atoms with Gasteiger partial charge in [-0.2, -0.15) is 0 Å². The van der Waals surface area contributed by atoms with Crippen LogP contribution >= 0.6 is 0 Å². The van der Waals surface area contributed by atoms with Crippen LogP contribution in [0.15, 0.2) is 54.6 Å². The molecular formula is C19H19NO. The lowest BCUT2D eigenvalue weighted by atomic mass is 9.95. The predicted molar refractivity (Wildman–Crippen MR) is 84.3 cm³/mol. The van der Waals surface area contributed by atoms with Crippen LogP contribution in [0.25, 0.3) is 0 Å².